The molecule has 128 valence electrons. The summed E-state index contributed by atoms with van der Waals surface area (Å²) in [5, 5.41) is 28.3. The number of hydrogen-bond donors (Lipinski definition) is 3. The van der Waals surface area contributed by atoms with E-state index in [0.717, 1.165) is 37.7 Å². The van der Waals surface area contributed by atoms with Gasteiger partial charge in [-0.15, -0.1) is 0 Å². The van der Waals surface area contributed by atoms with Crippen molar-refractivity contribution in [2.24, 2.45) is 5.92 Å². The lowest BCUT2D eigenvalue weighted by molar-refractivity contribution is -0.145. The summed E-state index contributed by atoms with van der Waals surface area (Å²) < 4.78 is 5.31. The number of aliphatic hydroxyl groups excluding tert-OH is 1. The number of hydrogen-bond acceptors (Lipinski definition) is 5. The zero-order valence-corrected chi connectivity index (χ0v) is 13.4. The summed E-state index contributed by atoms with van der Waals surface area (Å²) in [6.07, 6.45) is 5.82. The van der Waals surface area contributed by atoms with E-state index in [1.807, 2.05) is 0 Å². The summed E-state index contributed by atoms with van der Waals surface area (Å²) in [6.45, 7) is 0.463. The Bertz CT molecular complexity index is 506. The van der Waals surface area contributed by atoms with Gasteiger partial charge in [-0.1, -0.05) is 6.07 Å². The summed E-state index contributed by atoms with van der Waals surface area (Å²) in [5.41, 5.74) is 0.775. The van der Waals surface area contributed by atoms with E-state index in [2.05, 4.69) is 0 Å². The molecule has 3 N–H and O–H groups in total. The van der Waals surface area contributed by atoms with Crippen molar-refractivity contribution in [3.8, 4) is 11.5 Å². The van der Waals surface area contributed by atoms with Crippen LogP contribution in [0.15, 0.2) is 18.2 Å². The van der Waals surface area contributed by atoms with Crippen LogP contribution in [-0.4, -0.2) is 34.0 Å². The number of carbonyl (C=O) groups is 1. The van der Waals surface area contributed by atoms with E-state index < -0.39 is 0 Å². The highest BCUT2D eigenvalue weighted by atomic mass is 16.5. The number of ether oxygens (including phenoxy) is 1. The molecule has 0 unspecified atom stereocenters. The van der Waals surface area contributed by atoms with Gasteiger partial charge in [0.25, 0.3) is 0 Å². The minimum Gasteiger partial charge on any atom is -0.508 e. The molecule has 0 aliphatic heterocycles. The normalized spacial score (nSPS) is 21.1. The Labute approximate surface area is 136 Å². The molecule has 0 spiro atoms. The highest BCUT2D eigenvalue weighted by molar-refractivity contribution is 5.69. The predicted octanol–water partition coefficient (Wildman–Crippen LogP) is 2.90. The van der Waals surface area contributed by atoms with Crippen LogP contribution < -0.4 is 0 Å². The first-order valence-electron chi connectivity index (χ1n) is 8.39. The summed E-state index contributed by atoms with van der Waals surface area (Å²) in [7, 11) is 0. The molecule has 0 atom stereocenters. The molecule has 0 saturated heterocycles. The molecule has 1 aromatic carbocycles. The van der Waals surface area contributed by atoms with Crippen LogP contribution in [0, 0.1) is 5.92 Å². The molecule has 0 heterocycles. The van der Waals surface area contributed by atoms with Crippen molar-refractivity contribution in [3.63, 3.8) is 0 Å². The van der Waals surface area contributed by atoms with Crippen LogP contribution in [0.3, 0.4) is 0 Å². The second-order valence-corrected chi connectivity index (χ2v) is 6.38. The van der Waals surface area contributed by atoms with Crippen molar-refractivity contribution in [2.75, 3.05) is 6.61 Å². The van der Waals surface area contributed by atoms with Crippen molar-refractivity contribution in [3.05, 3.63) is 23.8 Å². The van der Waals surface area contributed by atoms with Crippen molar-refractivity contribution in [1.29, 1.82) is 0 Å². The zero-order valence-electron chi connectivity index (χ0n) is 13.4. The topological polar surface area (TPSA) is 87.0 Å². The number of aryl methyl sites for hydroxylation is 1. The molecule has 1 aliphatic rings. The van der Waals surface area contributed by atoms with Gasteiger partial charge in [-0.05, 0) is 62.5 Å². The fourth-order valence-corrected chi connectivity index (χ4v) is 2.94. The average Bonchev–Trinajstić information content (AvgIpc) is 2.52. The van der Waals surface area contributed by atoms with Crippen LogP contribution in [-0.2, 0) is 16.0 Å². The van der Waals surface area contributed by atoms with Crippen LogP contribution in [0.5, 0.6) is 11.5 Å². The Hall–Kier alpha value is -1.75. The zero-order chi connectivity index (χ0) is 16.7. The molecule has 0 radical (unpaired) electrons. The molecule has 5 heteroatoms. The Morgan fingerprint density at radius 3 is 2.57 bits per heavy atom. The molecule has 0 aromatic heterocycles. The van der Waals surface area contributed by atoms with Gasteiger partial charge in [0, 0.05) is 12.5 Å². The Morgan fingerprint density at radius 2 is 1.87 bits per heavy atom. The molecule has 1 aliphatic carbocycles. The lowest BCUT2D eigenvalue weighted by Gasteiger charge is -2.24. The van der Waals surface area contributed by atoms with E-state index in [9.17, 15) is 20.1 Å². The van der Waals surface area contributed by atoms with Gasteiger partial charge in [0.15, 0.2) is 0 Å². The quantitative estimate of drug-likeness (QED) is 0.531. The Kier molecular flexibility index (Phi) is 6.71. The average molecular weight is 322 g/mol. The fraction of sp³-hybridized carbons (Fsp3) is 0.611. The van der Waals surface area contributed by atoms with E-state index in [4.69, 9.17) is 4.74 Å². The minimum absolute atomic E-state index is 0.0464. The first-order valence-corrected chi connectivity index (χ1v) is 8.39. The summed E-state index contributed by atoms with van der Waals surface area (Å²) >= 11 is 0. The Balaban J connectivity index is 1.58. The lowest BCUT2D eigenvalue weighted by atomic mass is 9.88. The van der Waals surface area contributed by atoms with E-state index in [-0.39, 0.29) is 23.6 Å². The monoisotopic (exact) mass is 322 g/mol. The second-order valence-electron chi connectivity index (χ2n) is 6.38. The van der Waals surface area contributed by atoms with Gasteiger partial charge in [0.2, 0.25) is 0 Å². The van der Waals surface area contributed by atoms with Crippen LogP contribution in [0.4, 0.5) is 0 Å². The third-order valence-electron chi connectivity index (χ3n) is 4.44. The summed E-state index contributed by atoms with van der Waals surface area (Å²) in [5.74, 6) is 0.347. The van der Waals surface area contributed by atoms with Gasteiger partial charge < -0.3 is 20.1 Å². The van der Waals surface area contributed by atoms with Gasteiger partial charge in [-0.2, -0.15) is 0 Å². The van der Waals surface area contributed by atoms with Crippen molar-refractivity contribution in [1.82, 2.24) is 0 Å². The van der Waals surface area contributed by atoms with E-state index in [1.54, 1.807) is 12.1 Å². The summed E-state index contributed by atoms with van der Waals surface area (Å²) in [6, 6.07) is 4.57. The third-order valence-corrected chi connectivity index (χ3v) is 4.44. The summed E-state index contributed by atoms with van der Waals surface area (Å²) in [4.78, 5) is 11.7. The standard InChI is InChI=1S/C18H26O5/c19-15-8-5-13(6-9-15)12-23-18(22)4-2-1-3-14-7-10-16(20)11-17(14)21/h7,10-11,13,15,19-21H,1-6,8-9,12H2. The van der Waals surface area contributed by atoms with Crippen LogP contribution in [0.1, 0.15) is 50.5 Å². The SMILES string of the molecule is O=C(CCCCc1ccc(O)cc1O)OCC1CCC(O)CC1. The van der Waals surface area contributed by atoms with Crippen LogP contribution >= 0.6 is 0 Å². The number of aromatic hydroxyl groups is 2. The molecular weight excluding hydrogens is 296 g/mol. The van der Waals surface area contributed by atoms with Crippen molar-refractivity contribution >= 4 is 5.97 Å². The smallest absolute Gasteiger partial charge is 0.305 e. The molecule has 1 aromatic rings. The molecule has 2 rings (SSSR count). The van der Waals surface area contributed by atoms with E-state index in [0.29, 0.717) is 31.8 Å². The molecule has 0 amide bonds. The van der Waals surface area contributed by atoms with Gasteiger partial charge in [-0.25, -0.2) is 0 Å². The van der Waals surface area contributed by atoms with E-state index >= 15 is 0 Å². The molecule has 1 saturated carbocycles. The Morgan fingerprint density at radius 1 is 1.13 bits per heavy atom. The first kappa shape index (κ1) is 17.6. The fourth-order valence-electron chi connectivity index (χ4n) is 2.94. The highest BCUT2D eigenvalue weighted by Crippen LogP contribution is 2.25. The maximum absolute atomic E-state index is 11.7. The predicted molar refractivity (Wildman–Crippen MR) is 86.3 cm³/mol. The highest BCUT2D eigenvalue weighted by Gasteiger charge is 2.20. The van der Waals surface area contributed by atoms with Gasteiger partial charge in [0.1, 0.15) is 11.5 Å². The molecule has 0 bridgehead atoms. The largest absolute Gasteiger partial charge is 0.508 e. The second kappa shape index (κ2) is 8.77. The number of esters is 1. The van der Waals surface area contributed by atoms with E-state index in [1.165, 1.54) is 6.07 Å². The number of phenols is 2. The van der Waals surface area contributed by atoms with Gasteiger partial charge >= 0.3 is 5.97 Å². The molecule has 23 heavy (non-hydrogen) atoms. The number of phenolic OH excluding ortho intramolecular Hbond substituents is 2. The van der Waals surface area contributed by atoms with Crippen molar-refractivity contribution < 1.29 is 24.9 Å². The van der Waals surface area contributed by atoms with Crippen molar-refractivity contribution in [2.45, 2.75) is 57.5 Å². The number of aliphatic hydroxyl groups is 1. The number of rotatable bonds is 7. The van der Waals surface area contributed by atoms with Crippen LogP contribution in [0.25, 0.3) is 0 Å². The molecular formula is C18H26O5. The molecule has 5 nitrogen and oxygen atoms in total. The lowest BCUT2D eigenvalue weighted by Crippen LogP contribution is -2.22. The number of carbonyl (C=O) groups excluding carboxylic acids is 1. The third kappa shape index (κ3) is 6.10. The maximum Gasteiger partial charge on any atom is 0.305 e. The van der Waals surface area contributed by atoms with Crippen LogP contribution in [0.2, 0.25) is 0 Å². The number of unbranched alkanes of at least 4 members (excludes halogenated alkanes) is 1. The van der Waals surface area contributed by atoms with Gasteiger partial charge in [-0.3, -0.25) is 4.79 Å². The first-order chi connectivity index (χ1) is 11.0. The number of benzene rings is 1. The maximum atomic E-state index is 11.7. The van der Waals surface area contributed by atoms with Gasteiger partial charge in [0.05, 0.1) is 12.7 Å². The molecule has 1 fully saturated rings. The minimum atomic E-state index is -0.182.